The van der Waals surface area contributed by atoms with E-state index in [1.54, 1.807) is 12.1 Å². The summed E-state index contributed by atoms with van der Waals surface area (Å²) >= 11 is 5.46. The summed E-state index contributed by atoms with van der Waals surface area (Å²) in [5.41, 5.74) is 0.567. The number of rotatable bonds is 4. The fraction of sp³-hybridized carbons (Fsp3) is 0.619. The zero-order valence-electron chi connectivity index (χ0n) is 15.5. The Morgan fingerprint density at radius 3 is 2.38 bits per heavy atom. The van der Waals surface area contributed by atoms with Gasteiger partial charge in [-0.1, -0.05) is 6.07 Å². The Bertz CT molecular complexity index is 675. The number of ether oxygens (including phenoxy) is 1. The molecule has 0 atom stereocenters. The van der Waals surface area contributed by atoms with E-state index < -0.39 is 0 Å². The molecule has 0 saturated heterocycles. The van der Waals surface area contributed by atoms with Gasteiger partial charge in [0.25, 0.3) is 5.91 Å². The normalized spacial score (nSPS) is 31.7. The first kappa shape index (κ1) is 17.8. The first-order valence-electron chi connectivity index (χ1n) is 9.86. The van der Waals surface area contributed by atoms with Gasteiger partial charge in [0.05, 0.1) is 6.10 Å². The second-order valence-electron chi connectivity index (χ2n) is 8.58. The maximum Gasteiger partial charge on any atom is 0.257 e. The summed E-state index contributed by atoms with van der Waals surface area (Å²) in [6.45, 7) is 3.94. The van der Waals surface area contributed by atoms with Crippen LogP contribution in [-0.4, -0.2) is 23.2 Å². The van der Waals surface area contributed by atoms with E-state index in [1.165, 1.54) is 32.1 Å². The smallest absolute Gasteiger partial charge is 0.257 e. The fourth-order valence-electron chi connectivity index (χ4n) is 5.51. The van der Waals surface area contributed by atoms with E-state index in [2.05, 4.69) is 10.6 Å². The lowest BCUT2D eigenvalue weighted by molar-refractivity contribution is -0.00692. The maximum absolute atomic E-state index is 12.5. The van der Waals surface area contributed by atoms with Crippen LogP contribution in [0.5, 0.6) is 5.75 Å². The predicted octanol–water partition coefficient (Wildman–Crippen LogP) is 3.90. The van der Waals surface area contributed by atoms with Crippen LogP contribution in [0, 0.1) is 23.7 Å². The van der Waals surface area contributed by atoms with Crippen molar-refractivity contribution in [3.63, 3.8) is 0 Å². The van der Waals surface area contributed by atoms with E-state index in [4.69, 9.17) is 17.0 Å². The van der Waals surface area contributed by atoms with Crippen LogP contribution >= 0.6 is 12.2 Å². The average Bonchev–Trinajstić information content (AvgIpc) is 2.57. The number of nitrogens with one attached hydrogen (secondary N) is 2. The Morgan fingerprint density at radius 2 is 1.77 bits per heavy atom. The van der Waals surface area contributed by atoms with Crippen LogP contribution in [0.1, 0.15) is 56.3 Å². The summed E-state index contributed by atoms with van der Waals surface area (Å²) in [5.74, 6) is 3.84. The van der Waals surface area contributed by atoms with Crippen molar-refractivity contribution in [2.24, 2.45) is 23.7 Å². The summed E-state index contributed by atoms with van der Waals surface area (Å²) in [4.78, 5) is 12.5. The lowest BCUT2D eigenvalue weighted by atomic mass is 9.54. The Balaban J connectivity index is 1.35. The zero-order valence-corrected chi connectivity index (χ0v) is 16.4. The van der Waals surface area contributed by atoms with Crippen LogP contribution in [0.15, 0.2) is 24.3 Å². The molecule has 4 aliphatic rings. The van der Waals surface area contributed by atoms with Gasteiger partial charge in [0.1, 0.15) is 5.75 Å². The molecule has 4 bridgehead atoms. The van der Waals surface area contributed by atoms with E-state index in [1.807, 2.05) is 26.0 Å². The molecule has 0 radical (unpaired) electrons. The summed E-state index contributed by atoms with van der Waals surface area (Å²) in [7, 11) is 0. The summed E-state index contributed by atoms with van der Waals surface area (Å²) in [6.07, 6.45) is 6.83. The van der Waals surface area contributed by atoms with Crippen molar-refractivity contribution in [1.29, 1.82) is 0 Å². The third-order valence-electron chi connectivity index (χ3n) is 6.22. The standard InChI is InChI=1S/C21H28N2O2S/c1-12(2)25-18-5-3-4-15(11-18)20(24)23-21(26)22-19-16-7-13-6-14(9-16)10-17(19)8-13/h3-5,11-14,16-17,19H,6-10H2,1-2H3,(H2,22,23,24,26). The highest BCUT2D eigenvalue weighted by molar-refractivity contribution is 7.80. The Morgan fingerprint density at radius 1 is 1.12 bits per heavy atom. The summed E-state index contributed by atoms with van der Waals surface area (Å²) in [5, 5.41) is 6.80. The van der Waals surface area contributed by atoms with Gasteiger partial charge in [-0.05, 0) is 100 Å². The number of carbonyl (C=O) groups excluding carboxylic acids is 1. The molecule has 4 nitrogen and oxygen atoms in total. The molecule has 0 unspecified atom stereocenters. The Kier molecular flexibility index (Phi) is 4.91. The quantitative estimate of drug-likeness (QED) is 0.787. The minimum Gasteiger partial charge on any atom is -0.491 e. The third-order valence-corrected chi connectivity index (χ3v) is 6.44. The number of benzene rings is 1. The predicted molar refractivity (Wildman–Crippen MR) is 106 cm³/mol. The van der Waals surface area contributed by atoms with Crippen molar-refractivity contribution in [2.45, 2.75) is 58.1 Å². The molecule has 0 spiro atoms. The molecule has 0 heterocycles. The Hall–Kier alpha value is -1.62. The van der Waals surface area contributed by atoms with Crippen molar-refractivity contribution < 1.29 is 9.53 Å². The van der Waals surface area contributed by atoms with Gasteiger partial charge in [0.15, 0.2) is 5.11 Å². The second-order valence-corrected chi connectivity index (χ2v) is 8.99. The zero-order chi connectivity index (χ0) is 18.3. The van der Waals surface area contributed by atoms with E-state index >= 15 is 0 Å². The largest absolute Gasteiger partial charge is 0.491 e. The van der Waals surface area contributed by atoms with Gasteiger partial charge in [-0.15, -0.1) is 0 Å². The van der Waals surface area contributed by atoms with Crippen molar-refractivity contribution in [1.82, 2.24) is 10.6 Å². The molecule has 5 rings (SSSR count). The highest BCUT2D eigenvalue weighted by atomic mass is 32.1. The van der Waals surface area contributed by atoms with Crippen molar-refractivity contribution in [3.8, 4) is 5.75 Å². The lowest BCUT2D eigenvalue weighted by Gasteiger charge is -2.54. The Labute approximate surface area is 161 Å². The first-order valence-corrected chi connectivity index (χ1v) is 10.3. The van der Waals surface area contributed by atoms with Gasteiger partial charge in [0.2, 0.25) is 0 Å². The van der Waals surface area contributed by atoms with Gasteiger partial charge < -0.3 is 10.1 Å². The highest BCUT2D eigenvalue weighted by Gasteiger charge is 2.48. The molecule has 5 heteroatoms. The van der Waals surface area contributed by atoms with Crippen molar-refractivity contribution >= 4 is 23.2 Å². The minimum atomic E-state index is -0.180. The van der Waals surface area contributed by atoms with Crippen LogP contribution in [0.3, 0.4) is 0 Å². The van der Waals surface area contributed by atoms with Crippen LogP contribution in [0.2, 0.25) is 0 Å². The van der Waals surface area contributed by atoms with Crippen molar-refractivity contribution in [3.05, 3.63) is 29.8 Å². The number of amides is 1. The topological polar surface area (TPSA) is 50.4 Å². The minimum absolute atomic E-state index is 0.0768. The van der Waals surface area contributed by atoms with E-state index in [0.717, 1.165) is 23.7 Å². The summed E-state index contributed by atoms with van der Waals surface area (Å²) < 4.78 is 5.67. The number of carbonyl (C=O) groups is 1. The molecular weight excluding hydrogens is 344 g/mol. The maximum atomic E-state index is 12.5. The molecule has 26 heavy (non-hydrogen) atoms. The van der Waals surface area contributed by atoms with Gasteiger partial charge in [-0.2, -0.15) is 0 Å². The molecule has 2 N–H and O–H groups in total. The molecule has 0 aromatic heterocycles. The number of thiocarbonyl (C=S) groups is 1. The van der Waals surface area contributed by atoms with Crippen LogP contribution in [-0.2, 0) is 0 Å². The lowest BCUT2D eigenvalue weighted by Crippen LogP contribution is -2.57. The first-order chi connectivity index (χ1) is 12.5. The van der Waals surface area contributed by atoms with Gasteiger partial charge in [0, 0.05) is 11.6 Å². The van der Waals surface area contributed by atoms with Gasteiger partial charge in [-0.25, -0.2) is 0 Å². The van der Waals surface area contributed by atoms with Crippen LogP contribution in [0.25, 0.3) is 0 Å². The highest BCUT2D eigenvalue weighted by Crippen LogP contribution is 2.53. The van der Waals surface area contributed by atoms with E-state index in [9.17, 15) is 4.79 Å². The number of hydrogen-bond acceptors (Lipinski definition) is 3. The second kappa shape index (κ2) is 7.18. The van der Waals surface area contributed by atoms with Crippen molar-refractivity contribution in [2.75, 3.05) is 0 Å². The molecule has 1 aromatic carbocycles. The van der Waals surface area contributed by atoms with E-state index in [-0.39, 0.29) is 12.0 Å². The summed E-state index contributed by atoms with van der Waals surface area (Å²) in [6, 6.07) is 7.68. The number of hydrogen-bond donors (Lipinski definition) is 2. The molecule has 0 aliphatic heterocycles. The fourth-order valence-corrected chi connectivity index (χ4v) is 5.74. The van der Waals surface area contributed by atoms with Crippen LogP contribution in [0.4, 0.5) is 0 Å². The van der Waals surface area contributed by atoms with Gasteiger partial charge in [-0.3, -0.25) is 10.1 Å². The molecule has 4 saturated carbocycles. The molecule has 1 aromatic rings. The molecular formula is C21H28N2O2S. The monoisotopic (exact) mass is 372 g/mol. The average molecular weight is 373 g/mol. The molecule has 4 fully saturated rings. The van der Waals surface area contributed by atoms with Gasteiger partial charge >= 0.3 is 0 Å². The molecule has 4 aliphatic carbocycles. The van der Waals surface area contributed by atoms with Crippen LogP contribution < -0.4 is 15.4 Å². The molecule has 140 valence electrons. The third kappa shape index (κ3) is 3.73. The molecule has 1 amide bonds. The van der Waals surface area contributed by atoms with E-state index in [0.29, 0.717) is 22.5 Å². The SMILES string of the molecule is CC(C)Oc1cccc(C(=O)NC(=S)NC2C3CC4CC(C3)CC2C4)c1.